The molecule has 0 spiro atoms. The summed E-state index contributed by atoms with van der Waals surface area (Å²) in [5, 5.41) is 33.5. The predicted molar refractivity (Wildman–Crippen MR) is 264 cm³/mol. The van der Waals surface area contributed by atoms with Gasteiger partial charge in [0.15, 0.2) is 0 Å². The average Bonchev–Trinajstić information content (AvgIpc) is 3.24. The number of hydrogen-bond donors (Lipinski definition) is 4. The second kappa shape index (κ2) is 51.0. The van der Waals surface area contributed by atoms with Gasteiger partial charge in [0.1, 0.15) is 0 Å². The third kappa shape index (κ3) is 46.8. The largest absolute Gasteiger partial charge is 0.394 e. The Bertz CT molecular complexity index is 807. The molecule has 0 radical (unpaired) electrons. The van der Waals surface area contributed by atoms with Crippen LogP contribution in [0.15, 0.2) is 0 Å². The molecule has 0 rings (SSSR count). The van der Waals surface area contributed by atoms with Crippen LogP contribution in [-0.2, 0) is 4.79 Å². The van der Waals surface area contributed by atoms with Gasteiger partial charge in [-0.1, -0.05) is 303 Å². The maximum Gasteiger partial charge on any atom is 0.222 e. The van der Waals surface area contributed by atoms with Gasteiger partial charge in [0, 0.05) is 0 Å². The van der Waals surface area contributed by atoms with E-state index in [2.05, 4.69) is 19.2 Å². The topological polar surface area (TPSA) is 89.8 Å². The van der Waals surface area contributed by atoms with Gasteiger partial charge >= 0.3 is 0 Å². The molecule has 3 atom stereocenters. The zero-order chi connectivity index (χ0) is 43.7. The highest BCUT2D eigenvalue weighted by atomic mass is 16.3. The van der Waals surface area contributed by atoms with Gasteiger partial charge in [0.2, 0.25) is 5.91 Å². The van der Waals surface area contributed by atoms with Crippen molar-refractivity contribution in [3.8, 4) is 0 Å². The Morgan fingerprint density at radius 2 is 0.567 bits per heavy atom. The lowest BCUT2D eigenvalue weighted by Crippen LogP contribution is -2.46. The molecule has 3 unspecified atom stereocenters. The van der Waals surface area contributed by atoms with E-state index >= 15 is 0 Å². The lowest BCUT2D eigenvalue weighted by Gasteiger charge is -2.23. The molecule has 60 heavy (non-hydrogen) atoms. The Hall–Kier alpha value is -0.650. The molecule has 1 amide bonds. The minimum atomic E-state index is -0.743. The van der Waals surface area contributed by atoms with Crippen molar-refractivity contribution in [2.75, 3.05) is 6.61 Å². The van der Waals surface area contributed by atoms with Crippen LogP contribution in [0.3, 0.4) is 0 Å². The van der Waals surface area contributed by atoms with E-state index in [1.165, 1.54) is 263 Å². The Kier molecular flexibility index (Phi) is 50.4. The van der Waals surface area contributed by atoms with E-state index in [1.807, 2.05) is 0 Å². The first-order chi connectivity index (χ1) is 29.5. The molecule has 360 valence electrons. The SMILES string of the molecule is CCCCCCCCCCCCCCCCCCCCCCCCCCCCCCCCCCCC(O)CC(=O)NC(CO)C(O)CCCCCCCCCCCCCC. The first-order valence-corrected chi connectivity index (χ1v) is 27.8. The highest BCUT2D eigenvalue weighted by Gasteiger charge is 2.21. The smallest absolute Gasteiger partial charge is 0.222 e. The molecular formula is C55H111NO4. The van der Waals surface area contributed by atoms with Gasteiger partial charge < -0.3 is 20.6 Å². The quantitative estimate of drug-likeness (QED) is 0.0459. The zero-order valence-electron chi connectivity index (χ0n) is 41.1. The van der Waals surface area contributed by atoms with Crippen LogP contribution in [0.25, 0.3) is 0 Å². The molecule has 0 aliphatic heterocycles. The van der Waals surface area contributed by atoms with Crippen LogP contribution >= 0.6 is 0 Å². The van der Waals surface area contributed by atoms with Gasteiger partial charge in [0.05, 0.1) is 31.3 Å². The standard InChI is InChI=1S/C55H111NO4/c1-3-5-7-9-11-13-15-17-18-19-20-21-22-23-24-25-26-27-28-29-30-31-32-33-34-35-36-37-38-40-42-44-46-48-52(58)50-55(60)56-53(51-57)54(59)49-47-45-43-41-39-16-14-12-10-8-6-4-2/h52-54,57-59H,3-51H2,1-2H3,(H,56,60). The molecule has 0 saturated carbocycles. The summed E-state index contributed by atoms with van der Waals surface area (Å²) in [7, 11) is 0. The normalized spacial score (nSPS) is 13.2. The van der Waals surface area contributed by atoms with E-state index < -0.39 is 18.2 Å². The number of nitrogens with one attached hydrogen (secondary N) is 1. The molecule has 5 nitrogen and oxygen atoms in total. The van der Waals surface area contributed by atoms with E-state index in [4.69, 9.17) is 0 Å². The number of hydrogen-bond acceptors (Lipinski definition) is 4. The maximum absolute atomic E-state index is 12.5. The van der Waals surface area contributed by atoms with Gasteiger partial charge in [-0.15, -0.1) is 0 Å². The van der Waals surface area contributed by atoms with Gasteiger partial charge in [-0.3, -0.25) is 4.79 Å². The molecule has 0 aliphatic carbocycles. The minimum Gasteiger partial charge on any atom is -0.394 e. The lowest BCUT2D eigenvalue weighted by atomic mass is 10.0. The average molecular weight is 850 g/mol. The highest BCUT2D eigenvalue weighted by Crippen LogP contribution is 2.18. The highest BCUT2D eigenvalue weighted by molar-refractivity contribution is 5.76. The zero-order valence-corrected chi connectivity index (χ0v) is 41.1. The lowest BCUT2D eigenvalue weighted by molar-refractivity contribution is -0.125. The number of unbranched alkanes of at least 4 members (excludes halogenated alkanes) is 43. The van der Waals surface area contributed by atoms with E-state index in [0.717, 1.165) is 25.7 Å². The van der Waals surface area contributed by atoms with Crippen molar-refractivity contribution < 1.29 is 20.1 Å². The molecule has 0 fully saturated rings. The molecule has 0 saturated heterocycles. The Balaban J connectivity index is 3.40. The van der Waals surface area contributed by atoms with E-state index in [0.29, 0.717) is 12.8 Å². The van der Waals surface area contributed by atoms with Crippen molar-refractivity contribution >= 4 is 5.91 Å². The summed E-state index contributed by atoms with van der Waals surface area (Å²) in [4.78, 5) is 12.5. The molecular weight excluding hydrogens is 739 g/mol. The van der Waals surface area contributed by atoms with E-state index in [9.17, 15) is 20.1 Å². The molecule has 0 aromatic heterocycles. The summed E-state index contributed by atoms with van der Waals surface area (Å²) in [6, 6.07) is -0.652. The fraction of sp³-hybridized carbons (Fsp3) is 0.982. The molecule has 0 aromatic carbocycles. The first-order valence-electron chi connectivity index (χ1n) is 27.8. The van der Waals surface area contributed by atoms with Crippen LogP contribution in [0, 0.1) is 0 Å². The third-order valence-electron chi connectivity index (χ3n) is 13.4. The second-order valence-corrected chi connectivity index (χ2v) is 19.6. The third-order valence-corrected chi connectivity index (χ3v) is 13.4. The second-order valence-electron chi connectivity index (χ2n) is 19.6. The predicted octanol–water partition coefficient (Wildman–Crippen LogP) is 16.9. The van der Waals surface area contributed by atoms with Crippen LogP contribution in [-0.4, -0.2) is 46.1 Å². The summed E-state index contributed by atoms with van der Waals surface area (Å²) >= 11 is 0. The summed E-state index contributed by atoms with van der Waals surface area (Å²) in [6.45, 7) is 4.29. The van der Waals surface area contributed by atoms with Crippen LogP contribution in [0.5, 0.6) is 0 Å². The number of aliphatic hydroxyl groups excluding tert-OH is 3. The Morgan fingerprint density at radius 3 is 0.800 bits per heavy atom. The molecule has 0 aliphatic rings. The molecule has 5 heteroatoms. The number of amides is 1. The molecule has 0 bridgehead atoms. The Morgan fingerprint density at radius 1 is 0.350 bits per heavy atom. The van der Waals surface area contributed by atoms with Crippen molar-refractivity contribution in [3.05, 3.63) is 0 Å². The fourth-order valence-corrected chi connectivity index (χ4v) is 9.17. The summed E-state index contributed by atoms with van der Waals surface area (Å²) in [5.41, 5.74) is 0. The molecule has 0 heterocycles. The summed E-state index contributed by atoms with van der Waals surface area (Å²) in [5.74, 6) is -0.277. The number of carbonyl (C=O) groups is 1. The van der Waals surface area contributed by atoms with Crippen molar-refractivity contribution in [3.63, 3.8) is 0 Å². The minimum absolute atomic E-state index is 0.0431. The van der Waals surface area contributed by atoms with Gasteiger partial charge in [-0.2, -0.15) is 0 Å². The van der Waals surface area contributed by atoms with Crippen molar-refractivity contribution in [1.29, 1.82) is 0 Å². The van der Waals surface area contributed by atoms with Crippen LogP contribution in [0.2, 0.25) is 0 Å². The van der Waals surface area contributed by atoms with Gasteiger partial charge in [0.25, 0.3) is 0 Å². The van der Waals surface area contributed by atoms with Crippen molar-refractivity contribution in [2.45, 2.75) is 340 Å². The van der Waals surface area contributed by atoms with Crippen LogP contribution in [0.1, 0.15) is 322 Å². The van der Waals surface area contributed by atoms with Gasteiger partial charge in [-0.25, -0.2) is 0 Å². The number of aliphatic hydroxyl groups is 3. The number of carbonyl (C=O) groups excluding carboxylic acids is 1. The van der Waals surface area contributed by atoms with Crippen molar-refractivity contribution in [1.82, 2.24) is 5.32 Å². The fourth-order valence-electron chi connectivity index (χ4n) is 9.17. The monoisotopic (exact) mass is 850 g/mol. The number of rotatable bonds is 52. The maximum atomic E-state index is 12.5. The first kappa shape index (κ1) is 59.4. The molecule has 4 N–H and O–H groups in total. The van der Waals surface area contributed by atoms with E-state index in [1.54, 1.807) is 0 Å². The van der Waals surface area contributed by atoms with E-state index in [-0.39, 0.29) is 18.9 Å². The van der Waals surface area contributed by atoms with Crippen molar-refractivity contribution in [2.24, 2.45) is 0 Å². The molecule has 0 aromatic rings. The van der Waals surface area contributed by atoms with Crippen LogP contribution < -0.4 is 5.32 Å². The Labute approximate surface area is 377 Å². The van der Waals surface area contributed by atoms with Crippen LogP contribution in [0.4, 0.5) is 0 Å². The summed E-state index contributed by atoms with van der Waals surface area (Å²) < 4.78 is 0. The summed E-state index contributed by atoms with van der Waals surface area (Å²) in [6.07, 6.45) is 61.3. The van der Waals surface area contributed by atoms with Gasteiger partial charge in [-0.05, 0) is 12.8 Å².